The predicted octanol–water partition coefficient (Wildman–Crippen LogP) is 2.90. The minimum absolute atomic E-state index is 0.446. The van der Waals surface area contributed by atoms with Gasteiger partial charge in [0.2, 0.25) is 0 Å². The number of unbranched alkanes of at least 4 members (excludes halogenated alkanes) is 3. The van der Waals surface area contributed by atoms with Crippen LogP contribution >= 0.6 is 0 Å². The van der Waals surface area contributed by atoms with Crippen molar-refractivity contribution in [2.24, 2.45) is 5.92 Å². The van der Waals surface area contributed by atoms with Crippen molar-refractivity contribution in [2.45, 2.75) is 57.8 Å². The summed E-state index contributed by atoms with van der Waals surface area (Å²) in [4.78, 5) is 21.1. The van der Waals surface area contributed by atoms with E-state index in [9.17, 15) is 9.59 Å². The Morgan fingerprint density at radius 2 is 1.86 bits per heavy atom. The van der Waals surface area contributed by atoms with Crippen LogP contribution < -0.4 is 0 Å². The molecule has 2 nitrogen and oxygen atoms in total. The van der Waals surface area contributed by atoms with Gasteiger partial charge >= 0.3 is 0 Å². The predicted molar refractivity (Wildman–Crippen MR) is 56.1 cm³/mol. The van der Waals surface area contributed by atoms with Crippen molar-refractivity contribution in [3.8, 4) is 0 Å². The molecular formula is C12H20O2. The molecule has 1 aliphatic carbocycles. The fourth-order valence-electron chi connectivity index (χ4n) is 2.13. The number of carbonyl (C=O) groups is 2. The minimum Gasteiger partial charge on any atom is -0.303 e. The van der Waals surface area contributed by atoms with E-state index in [4.69, 9.17) is 0 Å². The Morgan fingerprint density at radius 3 is 2.50 bits per heavy atom. The van der Waals surface area contributed by atoms with E-state index in [0.29, 0.717) is 12.2 Å². The van der Waals surface area contributed by atoms with Crippen LogP contribution in [-0.2, 0) is 9.59 Å². The summed E-state index contributed by atoms with van der Waals surface area (Å²) in [6, 6.07) is 0. The third-order valence-electron chi connectivity index (χ3n) is 3.10. The maximum atomic E-state index is 11.0. The van der Waals surface area contributed by atoms with Crippen molar-refractivity contribution >= 4 is 12.1 Å². The fourth-order valence-corrected chi connectivity index (χ4v) is 2.13. The molecule has 0 saturated heterocycles. The van der Waals surface area contributed by atoms with E-state index in [-0.39, 0.29) is 0 Å². The molecule has 1 saturated carbocycles. The van der Waals surface area contributed by atoms with Gasteiger partial charge in [0.05, 0.1) is 0 Å². The number of carbonyl (C=O) groups excluding carboxylic acids is 2. The van der Waals surface area contributed by atoms with Gasteiger partial charge in [0.15, 0.2) is 0 Å². The summed E-state index contributed by atoms with van der Waals surface area (Å²) in [5, 5.41) is 0. The van der Waals surface area contributed by atoms with Crippen molar-refractivity contribution in [2.75, 3.05) is 0 Å². The minimum atomic E-state index is 0.446. The molecule has 2 heteroatoms. The summed E-state index contributed by atoms with van der Waals surface area (Å²) in [5.41, 5.74) is 0. The molecule has 0 amide bonds. The molecule has 0 radical (unpaired) electrons. The Labute approximate surface area is 86.1 Å². The second-order valence-corrected chi connectivity index (χ2v) is 4.29. The Hall–Kier alpha value is -0.660. The average Bonchev–Trinajstić information content (AvgIpc) is 2.21. The van der Waals surface area contributed by atoms with Crippen LogP contribution in [-0.4, -0.2) is 12.1 Å². The van der Waals surface area contributed by atoms with Crippen LogP contribution in [0.5, 0.6) is 0 Å². The van der Waals surface area contributed by atoms with E-state index in [0.717, 1.165) is 44.3 Å². The van der Waals surface area contributed by atoms with Crippen LogP contribution in [0.25, 0.3) is 0 Å². The van der Waals surface area contributed by atoms with Crippen molar-refractivity contribution < 1.29 is 9.59 Å². The zero-order chi connectivity index (χ0) is 10.2. The number of ketones is 1. The summed E-state index contributed by atoms with van der Waals surface area (Å²) in [5.74, 6) is 1.23. The topological polar surface area (TPSA) is 34.1 Å². The van der Waals surface area contributed by atoms with E-state index in [2.05, 4.69) is 0 Å². The average molecular weight is 196 g/mol. The molecule has 0 aromatic heterocycles. The molecule has 1 aliphatic rings. The zero-order valence-electron chi connectivity index (χ0n) is 8.84. The quantitative estimate of drug-likeness (QED) is 0.483. The first-order valence-corrected chi connectivity index (χ1v) is 5.78. The van der Waals surface area contributed by atoms with Gasteiger partial charge < -0.3 is 4.79 Å². The number of Topliss-reactive ketones (excluding diaryl/α,β-unsaturated/α-hetero) is 1. The van der Waals surface area contributed by atoms with Crippen molar-refractivity contribution in [1.82, 2.24) is 0 Å². The first kappa shape index (κ1) is 11.4. The molecule has 0 spiro atoms. The summed E-state index contributed by atoms with van der Waals surface area (Å²) < 4.78 is 0. The van der Waals surface area contributed by atoms with E-state index >= 15 is 0 Å². The second-order valence-electron chi connectivity index (χ2n) is 4.29. The molecule has 0 N–H and O–H groups in total. The van der Waals surface area contributed by atoms with E-state index < -0.39 is 0 Å². The number of hydrogen-bond acceptors (Lipinski definition) is 2. The monoisotopic (exact) mass is 196 g/mol. The molecule has 14 heavy (non-hydrogen) atoms. The smallest absolute Gasteiger partial charge is 0.132 e. The first-order valence-electron chi connectivity index (χ1n) is 5.78. The Kier molecular flexibility index (Phi) is 5.50. The number of hydrogen-bond donors (Lipinski definition) is 0. The first-order chi connectivity index (χ1) is 6.83. The van der Waals surface area contributed by atoms with Gasteiger partial charge in [-0.3, -0.25) is 4.79 Å². The highest BCUT2D eigenvalue weighted by Crippen LogP contribution is 2.26. The SMILES string of the molecule is O=CCCCCCC1CCC(=O)CC1. The van der Waals surface area contributed by atoms with Crippen molar-refractivity contribution in [3.63, 3.8) is 0 Å². The van der Waals surface area contributed by atoms with Gasteiger partial charge in [-0.25, -0.2) is 0 Å². The number of aldehydes is 1. The zero-order valence-corrected chi connectivity index (χ0v) is 8.84. The molecule has 0 aliphatic heterocycles. The molecule has 0 bridgehead atoms. The molecule has 80 valence electrons. The lowest BCUT2D eigenvalue weighted by Gasteiger charge is -2.20. The Balaban J connectivity index is 1.96. The molecule has 0 aromatic rings. The third-order valence-corrected chi connectivity index (χ3v) is 3.10. The van der Waals surface area contributed by atoms with E-state index in [1.807, 2.05) is 0 Å². The summed E-state index contributed by atoms with van der Waals surface area (Å²) >= 11 is 0. The van der Waals surface area contributed by atoms with Crippen LogP contribution in [0.2, 0.25) is 0 Å². The standard InChI is InChI=1S/C12H20O2/c13-10-4-2-1-3-5-11-6-8-12(14)9-7-11/h10-11H,1-9H2. The van der Waals surface area contributed by atoms with Crippen LogP contribution in [0.15, 0.2) is 0 Å². The lowest BCUT2D eigenvalue weighted by atomic mass is 9.85. The van der Waals surface area contributed by atoms with Crippen LogP contribution in [0.3, 0.4) is 0 Å². The largest absolute Gasteiger partial charge is 0.303 e. The molecule has 1 fully saturated rings. The van der Waals surface area contributed by atoms with Gasteiger partial charge in [-0.05, 0) is 25.2 Å². The lowest BCUT2D eigenvalue weighted by Crippen LogP contribution is -2.13. The fraction of sp³-hybridized carbons (Fsp3) is 0.833. The van der Waals surface area contributed by atoms with Gasteiger partial charge in [0.25, 0.3) is 0 Å². The van der Waals surface area contributed by atoms with Crippen molar-refractivity contribution in [1.29, 1.82) is 0 Å². The van der Waals surface area contributed by atoms with Crippen LogP contribution in [0, 0.1) is 5.92 Å². The maximum Gasteiger partial charge on any atom is 0.132 e. The van der Waals surface area contributed by atoms with Crippen molar-refractivity contribution in [3.05, 3.63) is 0 Å². The summed E-state index contributed by atoms with van der Waals surface area (Å²) in [6.45, 7) is 0. The normalized spacial score (nSPS) is 18.4. The van der Waals surface area contributed by atoms with E-state index in [1.54, 1.807) is 0 Å². The van der Waals surface area contributed by atoms with Crippen LogP contribution in [0.1, 0.15) is 57.8 Å². The van der Waals surface area contributed by atoms with E-state index in [1.165, 1.54) is 19.3 Å². The molecule has 0 unspecified atom stereocenters. The number of rotatable bonds is 6. The Bertz CT molecular complexity index is 177. The Morgan fingerprint density at radius 1 is 1.14 bits per heavy atom. The van der Waals surface area contributed by atoms with Gasteiger partial charge in [-0.2, -0.15) is 0 Å². The molecule has 0 heterocycles. The summed E-state index contributed by atoms with van der Waals surface area (Å²) in [7, 11) is 0. The highest BCUT2D eigenvalue weighted by Gasteiger charge is 2.17. The highest BCUT2D eigenvalue weighted by molar-refractivity contribution is 5.78. The molecule has 0 atom stereocenters. The third kappa shape index (κ3) is 4.54. The molecular weight excluding hydrogens is 176 g/mol. The lowest BCUT2D eigenvalue weighted by molar-refractivity contribution is -0.121. The van der Waals surface area contributed by atoms with Gasteiger partial charge in [0.1, 0.15) is 12.1 Å². The molecule has 1 rings (SSSR count). The van der Waals surface area contributed by atoms with Crippen LogP contribution in [0.4, 0.5) is 0 Å². The molecule has 0 aromatic carbocycles. The highest BCUT2D eigenvalue weighted by atomic mass is 16.1. The van der Waals surface area contributed by atoms with Gasteiger partial charge in [-0.15, -0.1) is 0 Å². The maximum absolute atomic E-state index is 11.0. The van der Waals surface area contributed by atoms with Gasteiger partial charge in [-0.1, -0.05) is 19.3 Å². The van der Waals surface area contributed by atoms with Gasteiger partial charge in [0, 0.05) is 19.3 Å². The summed E-state index contributed by atoms with van der Waals surface area (Å²) in [6.07, 6.45) is 10.2. The second kappa shape index (κ2) is 6.74.